The molecule has 0 atom stereocenters. The number of alkyl halides is 3. The summed E-state index contributed by atoms with van der Waals surface area (Å²) in [7, 11) is 0. The Bertz CT molecular complexity index is 522. The third-order valence-electron chi connectivity index (χ3n) is 2.45. The summed E-state index contributed by atoms with van der Waals surface area (Å²) in [5.41, 5.74) is 1.08. The van der Waals surface area contributed by atoms with Crippen LogP contribution in [0.4, 0.5) is 13.2 Å². The summed E-state index contributed by atoms with van der Waals surface area (Å²) in [6, 6.07) is 15.3. The monoisotopic (exact) mass is 247 g/mol. The molecular weight excluding hydrogens is 237 g/mol. The molecule has 2 rings (SSSR count). The molecule has 0 bridgehead atoms. The number of hydrogen-bond acceptors (Lipinski definition) is 0. The highest BCUT2D eigenvalue weighted by Gasteiger charge is 2.29. The molecular formula is C15H10F3. The van der Waals surface area contributed by atoms with E-state index in [9.17, 15) is 13.2 Å². The molecule has 0 fully saturated rings. The third-order valence-corrected chi connectivity index (χ3v) is 2.45. The maximum atomic E-state index is 12.3. The van der Waals surface area contributed by atoms with Crippen LogP contribution in [0.1, 0.15) is 16.7 Å². The van der Waals surface area contributed by atoms with Gasteiger partial charge in [-0.3, -0.25) is 0 Å². The van der Waals surface area contributed by atoms with Gasteiger partial charge in [0.2, 0.25) is 0 Å². The summed E-state index contributed by atoms with van der Waals surface area (Å²) in [5.74, 6) is 0. The number of rotatable bonds is 2. The van der Waals surface area contributed by atoms with E-state index in [0.29, 0.717) is 0 Å². The molecule has 0 saturated heterocycles. The van der Waals surface area contributed by atoms with Gasteiger partial charge in [-0.1, -0.05) is 48.6 Å². The summed E-state index contributed by atoms with van der Waals surface area (Å²) in [5, 5.41) is 0. The van der Waals surface area contributed by atoms with Gasteiger partial charge in [-0.05, 0) is 29.3 Å². The van der Waals surface area contributed by atoms with Crippen molar-refractivity contribution in [2.75, 3.05) is 0 Å². The quantitative estimate of drug-likeness (QED) is 0.676. The van der Waals surface area contributed by atoms with Crippen LogP contribution in [0, 0.1) is 6.07 Å². The highest BCUT2D eigenvalue weighted by molar-refractivity contribution is 5.69. The van der Waals surface area contributed by atoms with Crippen molar-refractivity contribution < 1.29 is 13.2 Å². The molecule has 91 valence electrons. The van der Waals surface area contributed by atoms with Crippen LogP contribution in [-0.4, -0.2) is 0 Å². The first-order chi connectivity index (χ1) is 8.55. The van der Waals surface area contributed by atoms with Crippen molar-refractivity contribution in [3.05, 3.63) is 71.3 Å². The van der Waals surface area contributed by atoms with Gasteiger partial charge in [0.15, 0.2) is 0 Å². The van der Waals surface area contributed by atoms with Crippen molar-refractivity contribution in [3.63, 3.8) is 0 Å². The Morgan fingerprint density at radius 2 is 1.28 bits per heavy atom. The zero-order valence-electron chi connectivity index (χ0n) is 9.41. The molecule has 0 nitrogen and oxygen atoms in total. The van der Waals surface area contributed by atoms with Crippen molar-refractivity contribution in [2.24, 2.45) is 0 Å². The van der Waals surface area contributed by atoms with Gasteiger partial charge in [-0.15, -0.1) is 0 Å². The average molecular weight is 247 g/mol. The average Bonchev–Trinajstić information content (AvgIpc) is 2.37. The molecule has 3 heteroatoms. The second kappa shape index (κ2) is 5.08. The number of benzene rings is 2. The number of halogens is 3. The van der Waals surface area contributed by atoms with E-state index >= 15 is 0 Å². The molecule has 2 aromatic rings. The summed E-state index contributed by atoms with van der Waals surface area (Å²) in [6.07, 6.45) is -0.663. The zero-order chi connectivity index (χ0) is 13.0. The van der Waals surface area contributed by atoms with E-state index in [1.165, 1.54) is 12.1 Å². The maximum Gasteiger partial charge on any atom is 0.416 e. The molecule has 0 amide bonds. The maximum absolute atomic E-state index is 12.3. The van der Waals surface area contributed by atoms with Crippen molar-refractivity contribution in [3.8, 4) is 0 Å². The van der Waals surface area contributed by atoms with Crippen LogP contribution in [0.25, 0.3) is 12.2 Å². The molecule has 0 aromatic heterocycles. The second-order valence-electron chi connectivity index (χ2n) is 3.79. The van der Waals surface area contributed by atoms with E-state index in [1.54, 1.807) is 18.2 Å². The molecule has 0 N–H and O–H groups in total. The van der Waals surface area contributed by atoms with Crippen LogP contribution in [0.15, 0.2) is 48.5 Å². The molecule has 0 unspecified atom stereocenters. The molecule has 0 spiro atoms. The lowest BCUT2D eigenvalue weighted by molar-refractivity contribution is -0.137. The molecule has 0 saturated carbocycles. The summed E-state index contributed by atoms with van der Waals surface area (Å²) in [4.78, 5) is 0. The molecule has 1 radical (unpaired) electrons. The fourth-order valence-electron chi connectivity index (χ4n) is 1.49. The minimum atomic E-state index is -4.28. The first-order valence-corrected chi connectivity index (χ1v) is 5.37. The van der Waals surface area contributed by atoms with Crippen LogP contribution in [0.3, 0.4) is 0 Å². The van der Waals surface area contributed by atoms with Crippen molar-refractivity contribution >= 4 is 12.2 Å². The summed E-state index contributed by atoms with van der Waals surface area (Å²) < 4.78 is 37.0. The smallest absolute Gasteiger partial charge is 0.166 e. The van der Waals surface area contributed by atoms with E-state index < -0.39 is 11.7 Å². The Labute approximate surface area is 103 Å². The topological polar surface area (TPSA) is 0 Å². The van der Waals surface area contributed by atoms with Gasteiger partial charge in [-0.2, -0.15) is 13.2 Å². The molecule has 0 heterocycles. The predicted molar refractivity (Wildman–Crippen MR) is 65.7 cm³/mol. The Hall–Kier alpha value is -2.03. The Morgan fingerprint density at radius 3 is 1.78 bits per heavy atom. The first-order valence-electron chi connectivity index (χ1n) is 5.37. The van der Waals surface area contributed by atoms with Crippen LogP contribution < -0.4 is 0 Å². The van der Waals surface area contributed by atoms with Gasteiger partial charge in [-0.25, -0.2) is 0 Å². The summed E-state index contributed by atoms with van der Waals surface area (Å²) >= 11 is 0. The van der Waals surface area contributed by atoms with Crippen LogP contribution >= 0.6 is 0 Å². The van der Waals surface area contributed by atoms with Gasteiger partial charge in [0, 0.05) is 0 Å². The normalized spacial score (nSPS) is 11.9. The lowest BCUT2D eigenvalue weighted by atomic mass is 10.1. The molecule has 0 aliphatic heterocycles. The standard InChI is InChI=1S/C15H10F3/c16-15(17,18)14-10-8-13(9-11-14)7-6-12-4-2-1-3-5-12/h2-11H/b7-6-. The van der Waals surface area contributed by atoms with Gasteiger partial charge in [0.1, 0.15) is 0 Å². The largest absolute Gasteiger partial charge is 0.416 e. The Balaban J connectivity index is 2.14. The van der Waals surface area contributed by atoms with Crippen LogP contribution in [0.2, 0.25) is 0 Å². The fourth-order valence-corrected chi connectivity index (χ4v) is 1.49. The second-order valence-corrected chi connectivity index (χ2v) is 3.79. The highest BCUT2D eigenvalue weighted by Crippen LogP contribution is 2.29. The van der Waals surface area contributed by atoms with E-state index in [1.807, 2.05) is 18.2 Å². The molecule has 0 aliphatic carbocycles. The van der Waals surface area contributed by atoms with Gasteiger partial charge in [0.05, 0.1) is 5.56 Å². The van der Waals surface area contributed by atoms with Crippen LogP contribution in [-0.2, 0) is 6.18 Å². The number of hydrogen-bond donors (Lipinski definition) is 0. The van der Waals surface area contributed by atoms with Gasteiger partial charge >= 0.3 is 6.18 Å². The molecule has 18 heavy (non-hydrogen) atoms. The first kappa shape index (κ1) is 12.4. The van der Waals surface area contributed by atoms with Gasteiger partial charge < -0.3 is 0 Å². The van der Waals surface area contributed by atoms with Crippen molar-refractivity contribution in [1.82, 2.24) is 0 Å². The minimum absolute atomic E-state index is 0.631. The minimum Gasteiger partial charge on any atom is -0.166 e. The van der Waals surface area contributed by atoms with E-state index in [2.05, 4.69) is 6.07 Å². The molecule has 0 aliphatic rings. The summed E-state index contributed by atoms with van der Waals surface area (Å²) in [6.45, 7) is 0. The zero-order valence-corrected chi connectivity index (χ0v) is 9.41. The van der Waals surface area contributed by atoms with E-state index in [-0.39, 0.29) is 0 Å². The lowest BCUT2D eigenvalue weighted by Crippen LogP contribution is -2.03. The van der Waals surface area contributed by atoms with Gasteiger partial charge in [0.25, 0.3) is 0 Å². The van der Waals surface area contributed by atoms with Crippen molar-refractivity contribution in [1.29, 1.82) is 0 Å². The lowest BCUT2D eigenvalue weighted by Gasteiger charge is -2.05. The van der Waals surface area contributed by atoms with Crippen molar-refractivity contribution in [2.45, 2.75) is 6.18 Å². The fraction of sp³-hybridized carbons (Fsp3) is 0.0667. The van der Waals surface area contributed by atoms with E-state index in [4.69, 9.17) is 0 Å². The third kappa shape index (κ3) is 3.23. The predicted octanol–water partition coefficient (Wildman–Crippen LogP) is 4.68. The Morgan fingerprint density at radius 1 is 0.778 bits per heavy atom. The van der Waals surface area contributed by atoms with E-state index in [0.717, 1.165) is 23.3 Å². The highest BCUT2D eigenvalue weighted by atomic mass is 19.4. The Kier molecular flexibility index (Phi) is 3.51. The SMILES string of the molecule is FC(F)(F)c1ccc(/C=C\c2cc[c]cc2)cc1. The van der Waals surface area contributed by atoms with Crippen LogP contribution in [0.5, 0.6) is 0 Å². The molecule has 2 aromatic carbocycles.